The Kier molecular flexibility index (Phi) is 4.68. The van der Waals surface area contributed by atoms with Crippen LogP contribution in [0.4, 0.5) is 5.69 Å². The Hall–Kier alpha value is -2.91. The van der Waals surface area contributed by atoms with Crippen LogP contribution in [0.15, 0.2) is 59.1 Å². The maximum Gasteiger partial charge on any atom is 0.266 e. The number of anilines is 1. The van der Waals surface area contributed by atoms with Gasteiger partial charge in [0.15, 0.2) is 0 Å². The standard InChI is InChI=1S/C19H17N3O2S/c1-12-7-3-5-9-15(12)22-17(13-8-4-6-10-16(13)24-2)21-18(23)14(11-20)19(22)25/h3-10,17,25H,1-2H3,(H,21,23). The zero-order chi connectivity index (χ0) is 18.0. The Labute approximate surface area is 151 Å². The number of nitrogens with zero attached hydrogens (tertiary/aromatic N) is 2. The van der Waals surface area contributed by atoms with E-state index in [1.165, 1.54) is 0 Å². The van der Waals surface area contributed by atoms with Gasteiger partial charge in [0.1, 0.15) is 23.6 Å². The normalized spacial score (nSPS) is 17.1. The first kappa shape index (κ1) is 16.9. The van der Waals surface area contributed by atoms with Crippen molar-refractivity contribution in [1.29, 1.82) is 5.26 Å². The van der Waals surface area contributed by atoms with Crippen molar-refractivity contribution in [1.82, 2.24) is 5.32 Å². The third-order valence-electron chi connectivity index (χ3n) is 4.13. The minimum Gasteiger partial charge on any atom is -0.496 e. The number of ether oxygens (including phenoxy) is 1. The van der Waals surface area contributed by atoms with Crippen LogP contribution in [-0.4, -0.2) is 13.0 Å². The first-order valence-electron chi connectivity index (χ1n) is 7.70. The van der Waals surface area contributed by atoms with Crippen LogP contribution in [0.3, 0.4) is 0 Å². The molecule has 0 aromatic heterocycles. The molecule has 0 bridgehead atoms. The molecule has 5 nitrogen and oxygen atoms in total. The van der Waals surface area contributed by atoms with Crippen molar-refractivity contribution in [2.45, 2.75) is 13.1 Å². The van der Waals surface area contributed by atoms with Gasteiger partial charge in [-0.15, -0.1) is 12.6 Å². The average Bonchev–Trinajstić information content (AvgIpc) is 2.62. The van der Waals surface area contributed by atoms with E-state index in [-0.39, 0.29) is 5.57 Å². The van der Waals surface area contributed by atoms with Crippen LogP contribution in [0, 0.1) is 18.3 Å². The number of nitriles is 1. The number of para-hydroxylation sites is 2. The predicted molar refractivity (Wildman–Crippen MR) is 99.2 cm³/mol. The second-order valence-corrected chi connectivity index (χ2v) is 6.01. The van der Waals surface area contributed by atoms with E-state index < -0.39 is 12.1 Å². The maximum absolute atomic E-state index is 12.4. The fraction of sp³-hybridized carbons (Fsp3) is 0.158. The summed E-state index contributed by atoms with van der Waals surface area (Å²) < 4.78 is 5.45. The SMILES string of the molecule is COc1ccccc1C1NC(=O)C(C#N)=C(S)N1c1ccccc1C. The third kappa shape index (κ3) is 2.94. The number of benzene rings is 2. The van der Waals surface area contributed by atoms with Gasteiger partial charge in [-0.3, -0.25) is 4.79 Å². The quantitative estimate of drug-likeness (QED) is 0.833. The molecular weight excluding hydrogens is 334 g/mol. The van der Waals surface area contributed by atoms with Crippen LogP contribution < -0.4 is 15.0 Å². The molecule has 126 valence electrons. The minimum absolute atomic E-state index is 0.0160. The van der Waals surface area contributed by atoms with Crippen LogP contribution in [0.25, 0.3) is 0 Å². The topological polar surface area (TPSA) is 65.4 Å². The van der Waals surface area contributed by atoms with Crippen LogP contribution >= 0.6 is 12.6 Å². The Bertz CT molecular complexity index is 902. The van der Waals surface area contributed by atoms with Crippen molar-refractivity contribution in [3.63, 3.8) is 0 Å². The van der Waals surface area contributed by atoms with Crippen molar-refractivity contribution < 1.29 is 9.53 Å². The van der Waals surface area contributed by atoms with Crippen LogP contribution in [0.1, 0.15) is 17.3 Å². The highest BCUT2D eigenvalue weighted by Gasteiger charge is 2.35. The molecule has 1 N–H and O–H groups in total. The van der Waals surface area contributed by atoms with Gasteiger partial charge < -0.3 is 15.0 Å². The molecule has 6 heteroatoms. The number of amides is 1. The molecule has 25 heavy (non-hydrogen) atoms. The summed E-state index contributed by atoms with van der Waals surface area (Å²) in [7, 11) is 1.58. The number of thiol groups is 1. The van der Waals surface area contributed by atoms with E-state index in [9.17, 15) is 10.1 Å². The number of carbonyl (C=O) groups is 1. The summed E-state index contributed by atoms with van der Waals surface area (Å²) in [6.45, 7) is 1.97. The lowest BCUT2D eigenvalue weighted by molar-refractivity contribution is -0.118. The second-order valence-electron chi connectivity index (χ2n) is 5.58. The van der Waals surface area contributed by atoms with Gasteiger partial charge >= 0.3 is 0 Å². The number of hydrogen-bond donors (Lipinski definition) is 2. The lowest BCUT2D eigenvalue weighted by Gasteiger charge is -2.39. The van der Waals surface area contributed by atoms with E-state index in [4.69, 9.17) is 4.74 Å². The molecule has 1 amide bonds. The highest BCUT2D eigenvalue weighted by molar-refractivity contribution is 7.84. The van der Waals surface area contributed by atoms with Crippen LogP contribution in [0.2, 0.25) is 0 Å². The van der Waals surface area contributed by atoms with Gasteiger partial charge in [0.2, 0.25) is 0 Å². The van der Waals surface area contributed by atoms with E-state index in [1.807, 2.05) is 66.4 Å². The average molecular weight is 351 g/mol. The molecular formula is C19H17N3O2S. The number of nitrogens with one attached hydrogen (secondary N) is 1. The summed E-state index contributed by atoms with van der Waals surface area (Å²) in [5.41, 5.74) is 2.63. The van der Waals surface area contributed by atoms with E-state index in [0.717, 1.165) is 16.8 Å². The van der Waals surface area contributed by atoms with Crippen molar-refractivity contribution >= 4 is 24.2 Å². The summed E-state index contributed by atoms with van der Waals surface area (Å²) in [6, 6.07) is 17.1. The van der Waals surface area contributed by atoms with Crippen molar-refractivity contribution in [3.05, 3.63) is 70.3 Å². The first-order chi connectivity index (χ1) is 12.1. The summed E-state index contributed by atoms with van der Waals surface area (Å²) in [4.78, 5) is 14.2. The zero-order valence-electron chi connectivity index (χ0n) is 13.9. The highest BCUT2D eigenvalue weighted by atomic mass is 32.1. The smallest absolute Gasteiger partial charge is 0.266 e. The molecule has 2 aromatic rings. The molecule has 0 spiro atoms. The summed E-state index contributed by atoms with van der Waals surface area (Å²) in [5, 5.41) is 12.6. The number of carbonyl (C=O) groups excluding carboxylic acids is 1. The lowest BCUT2D eigenvalue weighted by Crippen LogP contribution is -2.46. The fourth-order valence-electron chi connectivity index (χ4n) is 2.90. The third-order valence-corrected chi connectivity index (χ3v) is 4.56. The largest absolute Gasteiger partial charge is 0.496 e. The number of rotatable bonds is 3. The van der Waals surface area contributed by atoms with Gasteiger partial charge in [0.25, 0.3) is 5.91 Å². The fourth-order valence-corrected chi connectivity index (χ4v) is 3.28. The molecule has 1 unspecified atom stereocenters. The minimum atomic E-state index is -0.533. The number of methoxy groups -OCH3 is 1. The predicted octanol–water partition coefficient (Wildman–Crippen LogP) is 3.30. The van der Waals surface area contributed by atoms with Gasteiger partial charge in [-0.25, -0.2) is 0 Å². The molecule has 1 aliphatic heterocycles. The van der Waals surface area contributed by atoms with Gasteiger partial charge in [-0.1, -0.05) is 36.4 Å². The van der Waals surface area contributed by atoms with E-state index >= 15 is 0 Å². The molecule has 0 aliphatic carbocycles. The monoisotopic (exact) mass is 351 g/mol. The van der Waals surface area contributed by atoms with Gasteiger partial charge in [0.05, 0.1) is 12.1 Å². The van der Waals surface area contributed by atoms with Crippen molar-refractivity contribution in [3.8, 4) is 11.8 Å². The summed E-state index contributed by atoms with van der Waals surface area (Å²) >= 11 is 4.50. The first-order valence-corrected chi connectivity index (χ1v) is 8.15. The highest BCUT2D eigenvalue weighted by Crippen LogP contribution is 2.39. The van der Waals surface area contributed by atoms with Crippen molar-refractivity contribution in [2.24, 2.45) is 0 Å². The Morgan fingerprint density at radius 3 is 2.56 bits per heavy atom. The van der Waals surface area contributed by atoms with Crippen LogP contribution in [-0.2, 0) is 4.79 Å². The Balaban J connectivity index is 2.23. The number of aryl methyl sites for hydroxylation is 1. The van der Waals surface area contributed by atoms with Gasteiger partial charge in [-0.2, -0.15) is 5.26 Å². The second kappa shape index (κ2) is 6.91. The van der Waals surface area contributed by atoms with Crippen LogP contribution in [0.5, 0.6) is 5.75 Å². The van der Waals surface area contributed by atoms with E-state index in [1.54, 1.807) is 7.11 Å². The van der Waals surface area contributed by atoms with E-state index in [2.05, 4.69) is 17.9 Å². The molecule has 0 saturated heterocycles. The molecule has 3 rings (SSSR count). The molecule has 0 radical (unpaired) electrons. The van der Waals surface area contributed by atoms with Crippen molar-refractivity contribution in [2.75, 3.05) is 12.0 Å². The molecule has 0 fully saturated rings. The Morgan fingerprint density at radius 1 is 1.20 bits per heavy atom. The molecule has 1 atom stereocenters. The molecule has 1 aliphatic rings. The molecule has 1 heterocycles. The zero-order valence-corrected chi connectivity index (χ0v) is 14.7. The molecule has 0 saturated carbocycles. The molecule has 2 aromatic carbocycles. The van der Waals surface area contributed by atoms with Gasteiger partial charge in [0, 0.05) is 11.3 Å². The number of hydrogen-bond acceptors (Lipinski definition) is 5. The Morgan fingerprint density at radius 2 is 1.88 bits per heavy atom. The summed E-state index contributed by atoms with van der Waals surface area (Å²) in [5.74, 6) is 0.196. The lowest BCUT2D eigenvalue weighted by atomic mass is 10.0. The van der Waals surface area contributed by atoms with E-state index in [0.29, 0.717) is 10.8 Å². The summed E-state index contributed by atoms with van der Waals surface area (Å²) in [6.07, 6.45) is -0.533. The van der Waals surface area contributed by atoms with Gasteiger partial charge in [-0.05, 0) is 24.6 Å². The maximum atomic E-state index is 12.4.